The highest BCUT2D eigenvalue weighted by Gasteiger charge is 2.14. The number of nitrogens with zero attached hydrogens (tertiary/aromatic N) is 1. The second kappa shape index (κ2) is 5.11. The van der Waals surface area contributed by atoms with Crippen LogP contribution in [0.1, 0.15) is 16.9 Å². The molecule has 3 aromatic rings. The molecule has 0 unspecified atom stereocenters. The van der Waals surface area contributed by atoms with E-state index >= 15 is 0 Å². The number of aromatic nitrogens is 1. The van der Waals surface area contributed by atoms with Crippen molar-refractivity contribution in [2.24, 2.45) is 0 Å². The molecule has 0 aliphatic rings. The van der Waals surface area contributed by atoms with E-state index in [4.69, 9.17) is 4.52 Å². The molecule has 1 heterocycles. The van der Waals surface area contributed by atoms with Crippen molar-refractivity contribution in [1.82, 2.24) is 5.16 Å². The van der Waals surface area contributed by atoms with Crippen LogP contribution >= 0.6 is 0 Å². The van der Waals surface area contributed by atoms with Crippen LogP contribution < -0.4 is 0 Å². The van der Waals surface area contributed by atoms with Crippen LogP contribution in [0.3, 0.4) is 0 Å². The second-order valence-corrected chi connectivity index (χ2v) is 4.59. The van der Waals surface area contributed by atoms with Crippen molar-refractivity contribution in [2.45, 2.75) is 13.3 Å². The van der Waals surface area contributed by atoms with Crippen LogP contribution in [-0.4, -0.2) is 5.16 Å². The van der Waals surface area contributed by atoms with E-state index in [0.29, 0.717) is 0 Å². The second-order valence-electron chi connectivity index (χ2n) is 4.59. The number of hydrogen-bond acceptors (Lipinski definition) is 2. The van der Waals surface area contributed by atoms with Crippen molar-refractivity contribution < 1.29 is 4.52 Å². The summed E-state index contributed by atoms with van der Waals surface area (Å²) in [4.78, 5) is 0. The predicted octanol–water partition coefficient (Wildman–Crippen LogP) is 4.24. The van der Waals surface area contributed by atoms with Crippen LogP contribution in [0.2, 0.25) is 0 Å². The van der Waals surface area contributed by atoms with E-state index in [1.54, 1.807) is 0 Å². The fourth-order valence-corrected chi connectivity index (χ4v) is 2.22. The van der Waals surface area contributed by atoms with Gasteiger partial charge >= 0.3 is 0 Å². The lowest BCUT2D eigenvalue weighted by Gasteiger charge is -2.03. The van der Waals surface area contributed by atoms with Crippen molar-refractivity contribution in [2.75, 3.05) is 0 Å². The van der Waals surface area contributed by atoms with Crippen LogP contribution in [0, 0.1) is 6.92 Å². The smallest absolute Gasteiger partial charge is 0.137 e. The van der Waals surface area contributed by atoms with Crippen LogP contribution in [-0.2, 0) is 6.42 Å². The van der Waals surface area contributed by atoms with Gasteiger partial charge in [-0.3, -0.25) is 0 Å². The molecule has 0 saturated carbocycles. The van der Waals surface area contributed by atoms with Gasteiger partial charge in [0.15, 0.2) is 0 Å². The fourth-order valence-electron chi connectivity index (χ4n) is 2.22. The third-order valence-corrected chi connectivity index (χ3v) is 3.26. The highest BCUT2D eigenvalue weighted by molar-refractivity contribution is 5.63. The largest absolute Gasteiger partial charge is 0.361 e. The molecule has 0 radical (unpaired) electrons. The number of hydrogen-bond donors (Lipinski definition) is 0. The molecule has 0 atom stereocenters. The maximum atomic E-state index is 5.37. The molecule has 0 aliphatic heterocycles. The predicted molar refractivity (Wildman–Crippen MR) is 75.9 cm³/mol. The average molecular weight is 249 g/mol. The van der Waals surface area contributed by atoms with E-state index in [-0.39, 0.29) is 0 Å². The number of rotatable bonds is 3. The van der Waals surface area contributed by atoms with Gasteiger partial charge in [-0.15, -0.1) is 0 Å². The average Bonchev–Trinajstić information content (AvgIpc) is 2.82. The van der Waals surface area contributed by atoms with E-state index in [0.717, 1.165) is 29.0 Å². The molecule has 0 bridgehead atoms. The first kappa shape index (κ1) is 11.7. The normalized spacial score (nSPS) is 10.6. The number of benzene rings is 2. The minimum absolute atomic E-state index is 0.848. The van der Waals surface area contributed by atoms with Gasteiger partial charge in [0.2, 0.25) is 0 Å². The zero-order chi connectivity index (χ0) is 13.1. The Morgan fingerprint density at radius 1 is 0.895 bits per heavy atom. The quantitative estimate of drug-likeness (QED) is 0.694. The zero-order valence-corrected chi connectivity index (χ0v) is 10.8. The third-order valence-electron chi connectivity index (χ3n) is 3.26. The number of aryl methyl sites for hydroxylation is 1. The van der Waals surface area contributed by atoms with Crippen LogP contribution in [0.25, 0.3) is 11.3 Å². The summed E-state index contributed by atoms with van der Waals surface area (Å²) in [5, 5.41) is 4.21. The Labute approximate surface area is 112 Å². The molecular formula is C17H15NO. The Kier molecular flexibility index (Phi) is 3.15. The summed E-state index contributed by atoms with van der Waals surface area (Å²) >= 11 is 0. The summed E-state index contributed by atoms with van der Waals surface area (Å²) in [7, 11) is 0. The van der Waals surface area contributed by atoms with Gasteiger partial charge < -0.3 is 4.52 Å². The molecule has 19 heavy (non-hydrogen) atoms. The Bertz CT molecular complexity index is 656. The van der Waals surface area contributed by atoms with Crippen LogP contribution in [0.4, 0.5) is 0 Å². The maximum Gasteiger partial charge on any atom is 0.137 e. The van der Waals surface area contributed by atoms with Crippen molar-refractivity contribution in [3.8, 4) is 11.3 Å². The minimum atomic E-state index is 0.848. The lowest BCUT2D eigenvalue weighted by molar-refractivity contribution is 0.398. The molecule has 1 aromatic heterocycles. The molecule has 3 rings (SSSR count). The first-order valence-corrected chi connectivity index (χ1v) is 6.39. The van der Waals surface area contributed by atoms with E-state index < -0.39 is 0 Å². The standard InChI is InChI=1S/C17H15NO/c1-13-16(12-14-8-4-2-5-9-14)17(18-19-13)15-10-6-3-7-11-15/h2-11H,12H2,1H3. The molecule has 0 spiro atoms. The summed E-state index contributed by atoms with van der Waals surface area (Å²) < 4.78 is 5.37. The van der Waals surface area contributed by atoms with Gasteiger partial charge in [-0.2, -0.15) is 0 Å². The van der Waals surface area contributed by atoms with E-state index in [2.05, 4.69) is 41.6 Å². The molecule has 94 valence electrons. The zero-order valence-electron chi connectivity index (χ0n) is 10.8. The van der Waals surface area contributed by atoms with Crippen molar-refractivity contribution in [1.29, 1.82) is 0 Å². The Morgan fingerprint density at radius 2 is 1.53 bits per heavy atom. The molecule has 0 fully saturated rings. The molecule has 0 saturated heterocycles. The topological polar surface area (TPSA) is 26.0 Å². The first-order valence-electron chi connectivity index (χ1n) is 6.39. The Hall–Kier alpha value is -2.35. The van der Waals surface area contributed by atoms with Gasteiger partial charge in [0, 0.05) is 17.5 Å². The molecule has 2 nitrogen and oxygen atoms in total. The lowest BCUT2D eigenvalue weighted by atomic mass is 10.00. The van der Waals surface area contributed by atoms with E-state index in [1.165, 1.54) is 5.56 Å². The van der Waals surface area contributed by atoms with Gasteiger partial charge in [-0.05, 0) is 12.5 Å². The molecular weight excluding hydrogens is 234 g/mol. The summed E-state index contributed by atoms with van der Waals surface area (Å²) in [6.45, 7) is 1.97. The lowest BCUT2D eigenvalue weighted by Crippen LogP contribution is -1.91. The molecule has 0 N–H and O–H groups in total. The van der Waals surface area contributed by atoms with E-state index in [9.17, 15) is 0 Å². The van der Waals surface area contributed by atoms with Gasteiger partial charge in [-0.25, -0.2) is 0 Å². The van der Waals surface area contributed by atoms with Crippen molar-refractivity contribution >= 4 is 0 Å². The SMILES string of the molecule is Cc1onc(-c2ccccc2)c1Cc1ccccc1. The highest BCUT2D eigenvalue weighted by Crippen LogP contribution is 2.27. The Morgan fingerprint density at radius 3 is 2.21 bits per heavy atom. The van der Waals surface area contributed by atoms with Gasteiger partial charge in [-0.1, -0.05) is 65.8 Å². The van der Waals surface area contributed by atoms with Crippen LogP contribution in [0.5, 0.6) is 0 Å². The summed E-state index contributed by atoms with van der Waals surface area (Å²) in [6, 6.07) is 20.6. The molecule has 0 amide bonds. The molecule has 0 aliphatic carbocycles. The van der Waals surface area contributed by atoms with Gasteiger partial charge in [0.25, 0.3) is 0 Å². The van der Waals surface area contributed by atoms with Crippen molar-refractivity contribution in [3.05, 3.63) is 77.6 Å². The molecule has 2 heteroatoms. The monoisotopic (exact) mass is 249 g/mol. The molecule has 2 aromatic carbocycles. The highest BCUT2D eigenvalue weighted by atomic mass is 16.5. The fraction of sp³-hybridized carbons (Fsp3) is 0.118. The van der Waals surface area contributed by atoms with Gasteiger partial charge in [0.05, 0.1) is 0 Å². The Balaban J connectivity index is 2.00. The van der Waals surface area contributed by atoms with Gasteiger partial charge in [0.1, 0.15) is 11.5 Å². The van der Waals surface area contributed by atoms with Crippen LogP contribution in [0.15, 0.2) is 65.2 Å². The summed E-state index contributed by atoms with van der Waals surface area (Å²) in [6.07, 6.45) is 0.848. The third kappa shape index (κ3) is 2.43. The first-order chi connectivity index (χ1) is 9.34. The van der Waals surface area contributed by atoms with E-state index in [1.807, 2.05) is 31.2 Å². The minimum Gasteiger partial charge on any atom is -0.361 e. The summed E-state index contributed by atoms with van der Waals surface area (Å²) in [5.74, 6) is 0.891. The van der Waals surface area contributed by atoms with Crippen molar-refractivity contribution in [3.63, 3.8) is 0 Å². The maximum absolute atomic E-state index is 5.37. The summed E-state index contributed by atoms with van der Waals surface area (Å²) in [5.41, 5.74) is 4.48.